The zero-order chi connectivity index (χ0) is 35.9. The molecule has 8 nitrogen and oxygen atoms in total. The second-order valence-corrected chi connectivity index (χ2v) is 14.0. The van der Waals surface area contributed by atoms with Gasteiger partial charge in [0, 0.05) is 47.8 Å². The molecule has 7 rings (SSSR count). The summed E-state index contributed by atoms with van der Waals surface area (Å²) in [5.41, 5.74) is 9.01. The van der Waals surface area contributed by atoms with Crippen LogP contribution in [0, 0.1) is 13.8 Å². The number of nitrogens with one attached hydrogen (secondary N) is 4. The van der Waals surface area contributed by atoms with Crippen LogP contribution in [0.25, 0.3) is 44.3 Å². The molecule has 2 amide bonds. The highest BCUT2D eigenvalue weighted by Crippen LogP contribution is 2.28. The van der Waals surface area contributed by atoms with E-state index in [-0.39, 0.29) is 11.8 Å². The molecule has 0 aliphatic carbocycles. The van der Waals surface area contributed by atoms with Crippen molar-refractivity contribution in [2.24, 2.45) is 0 Å². The predicted octanol–water partition coefficient (Wildman–Crippen LogP) is 4.46. The molecule has 4 aromatic carbocycles. The standard InChI is InChI=1S/C44H46N6O2/c1-31-13-3-5-15-33(31)41-29-37(35-17-7-9-19-39(35)47-41)43(51)45-21-11-23-49-25-27-50(28-26-49)24-12-22-46-44(52)38-30-42(34-16-6-4-14-32(34)2)48-40-20-10-8-18-36(38)40/h3-10,13-20,29-30H,11-12,21-28H2,1-2H3,(H,45,51)(H,46,52)/p+2. The summed E-state index contributed by atoms with van der Waals surface area (Å²) in [6.07, 6.45) is 1.87. The number of hydrogen-bond acceptors (Lipinski definition) is 4. The van der Waals surface area contributed by atoms with Crippen LogP contribution < -0.4 is 20.4 Å². The average Bonchev–Trinajstić information content (AvgIpc) is 3.18. The molecule has 0 unspecified atom stereocenters. The van der Waals surface area contributed by atoms with E-state index in [2.05, 4.69) is 48.7 Å². The van der Waals surface area contributed by atoms with Crippen molar-refractivity contribution in [2.75, 3.05) is 52.4 Å². The van der Waals surface area contributed by atoms with Crippen LogP contribution in [0.5, 0.6) is 0 Å². The lowest BCUT2D eigenvalue weighted by atomic mass is 10.0. The van der Waals surface area contributed by atoms with Crippen molar-refractivity contribution < 1.29 is 19.4 Å². The number of aryl methyl sites for hydroxylation is 2. The van der Waals surface area contributed by atoms with Gasteiger partial charge in [0.25, 0.3) is 11.8 Å². The maximum Gasteiger partial charge on any atom is 0.252 e. The number of quaternary nitrogens is 2. The zero-order valence-corrected chi connectivity index (χ0v) is 30.2. The molecule has 0 radical (unpaired) electrons. The summed E-state index contributed by atoms with van der Waals surface area (Å²) in [6.45, 7) is 12.0. The van der Waals surface area contributed by atoms with Gasteiger partial charge in [-0.2, -0.15) is 0 Å². The molecule has 0 saturated carbocycles. The Morgan fingerprint density at radius 1 is 0.558 bits per heavy atom. The number of para-hydroxylation sites is 2. The SMILES string of the molecule is Cc1ccccc1-c1cc(C(=O)NCCC[NH+]2CC[NH+](CCCNC(=O)c3cc(-c4ccccc4C)nc4ccccc34)CC2)c2ccccc2n1. The van der Waals surface area contributed by atoms with Crippen LogP contribution in [0.1, 0.15) is 44.7 Å². The minimum atomic E-state index is -0.0476. The molecule has 8 heteroatoms. The van der Waals surface area contributed by atoms with Gasteiger partial charge in [0.2, 0.25) is 0 Å². The maximum atomic E-state index is 13.4. The number of aromatic nitrogens is 2. The highest BCUT2D eigenvalue weighted by molar-refractivity contribution is 6.08. The van der Waals surface area contributed by atoms with Crippen LogP contribution in [-0.2, 0) is 0 Å². The number of hydrogen-bond donors (Lipinski definition) is 4. The van der Waals surface area contributed by atoms with Gasteiger partial charge >= 0.3 is 0 Å². The van der Waals surface area contributed by atoms with Crippen molar-refractivity contribution in [2.45, 2.75) is 26.7 Å². The van der Waals surface area contributed by atoms with Gasteiger partial charge in [-0.25, -0.2) is 9.97 Å². The van der Waals surface area contributed by atoms with E-state index >= 15 is 0 Å². The molecule has 264 valence electrons. The van der Waals surface area contributed by atoms with Gasteiger partial charge in [-0.05, 0) is 49.2 Å². The van der Waals surface area contributed by atoms with Crippen molar-refractivity contribution in [3.8, 4) is 22.5 Å². The summed E-state index contributed by atoms with van der Waals surface area (Å²) >= 11 is 0. The smallest absolute Gasteiger partial charge is 0.252 e. The number of fused-ring (bicyclic) bond motifs is 2. The maximum absolute atomic E-state index is 13.4. The number of benzene rings is 4. The molecular formula is C44H48N6O2+2. The fraction of sp³-hybridized carbons (Fsp3) is 0.273. The number of carbonyl (C=O) groups excluding carboxylic acids is 2. The molecule has 6 aromatic rings. The first-order chi connectivity index (χ1) is 25.4. The quantitative estimate of drug-likeness (QED) is 0.143. The number of nitrogens with zero attached hydrogens (tertiary/aromatic N) is 2. The van der Waals surface area contributed by atoms with E-state index in [0.29, 0.717) is 24.2 Å². The fourth-order valence-corrected chi connectivity index (χ4v) is 7.45. The molecular weight excluding hydrogens is 645 g/mol. The number of carbonyl (C=O) groups is 2. The Hall–Kier alpha value is -5.44. The third-order valence-electron chi connectivity index (χ3n) is 10.4. The van der Waals surface area contributed by atoms with Crippen molar-refractivity contribution >= 4 is 33.6 Å². The van der Waals surface area contributed by atoms with Gasteiger partial charge in [-0.1, -0.05) is 84.9 Å². The first-order valence-electron chi connectivity index (χ1n) is 18.6. The Kier molecular flexibility index (Phi) is 10.9. The van der Waals surface area contributed by atoms with Crippen LogP contribution in [0.4, 0.5) is 0 Å². The molecule has 1 fully saturated rings. The van der Waals surface area contributed by atoms with Gasteiger partial charge in [0.05, 0.1) is 46.6 Å². The molecule has 4 N–H and O–H groups in total. The van der Waals surface area contributed by atoms with Crippen molar-refractivity contribution in [3.63, 3.8) is 0 Å². The topological polar surface area (TPSA) is 92.9 Å². The monoisotopic (exact) mass is 692 g/mol. The lowest BCUT2D eigenvalue weighted by molar-refractivity contribution is -1.01. The summed E-state index contributed by atoms with van der Waals surface area (Å²) in [5.74, 6) is -0.0951. The molecule has 3 heterocycles. The third-order valence-corrected chi connectivity index (χ3v) is 10.4. The first kappa shape index (κ1) is 35.0. The van der Waals surface area contributed by atoms with Crippen LogP contribution in [0.15, 0.2) is 109 Å². The Bertz CT molecular complexity index is 2050. The highest BCUT2D eigenvalue weighted by atomic mass is 16.2. The highest BCUT2D eigenvalue weighted by Gasteiger charge is 2.23. The fourth-order valence-electron chi connectivity index (χ4n) is 7.45. The molecule has 0 atom stereocenters. The molecule has 52 heavy (non-hydrogen) atoms. The summed E-state index contributed by atoms with van der Waals surface area (Å²) in [5, 5.41) is 8.13. The van der Waals surface area contributed by atoms with E-state index in [9.17, 15) is 9.59 Å². The normalized spacial score (nSPS) is 15.8. The number of rotatable bonds is 12. The summed E-state index contributed by atoms with van der Waals surface area (Å²) in [6, 6.07) is 35.9. The second-order valence-electron chi connectivity index (χ2n) is 14.0. The number of pyridine rings is 2. The Balaban J connectivity index is 0.854. The van der Waals surface area contributed by atoms with E-state index in [4.69, 9.17) is 9.97 Å². The Labute approximate surface area is 305 Å². The largest absolute Gasteiger partial charge is 0.352 e. The summed E-state index contributed by atoms with van der Waals surface area (Å²) in [7, 11) is 0. The zero-order valence-electron chi connectivity index (χ0n) is 30.2. The number of piperazine rings is 1. The molecule has 2 aromatic heterocycles. The van der Waals surface area contributed by atoms with Crippen LogP contribution in [0.3, 0.4) is 0 Å². The number of amides is 2. The van der Waals surface area contributed by atoms with Gasteiger partial charge in [0.15, 0.2) is 0 Å². The van der Waals surface area contributed by atoms with Crippen molar-refractivity contribution in [3.05, 3.63) is 131 Å². The third kappa shape index (κ3) is 8.04. The van der Waals surface area contributed by atoms with Crippen molar-refractivity contribution in [1.82, 2.24) is 20.6 Å². The minimum Gasteiger partial charge on any atom is -0.352 e. The first-order valence-corrected chi connectivity index (χ1v) is 18.6. The molecule has 0 bridgehead atoms. The Morgan fingerprint density at radius 3 is 1.37 bits per heavy atom. The van der Waals surface area contributed by atoms with E-state index in [0.717, 1.165) is 108 Å². The van der Waals surface area contributed by atoms with Gasteiger partial charge < -0.3 is 20.4 Å². The minimum absolute atomic E-state index is 0.0476. The van der Waals surface area contributed by atoms with E-state index in [1.807, 2.05) is 84.9 Å². The van der Waals surface area contributed by atoms with Gasteiger partial charge in [-0.15, -0.1) is 0 Å². The van der Waals surface area contributed by atoms with Gasteiger partial charge in [0.1, 0.15) is 26.2 Å². The summed E-state index contributed by atoms with van der Waals surface area (Å²) < 4.78 is 0. The lowest BCUT2D eigenvalue weighted by Gasteiger charge is -2.29. The lowest BCUT2D eigenvalue weighted by Crippen LogP contribution is -3.28. The van der Waals surface area contributed by atoms with Crippen LogP contribution in [0.2, 0.25) is 0 Å². The van der Waals surface area contributed by atoms with E-state index in [1.54, 1.807) is 9.80 Å². The van der Waals surface area contributed by atoms with Crippen molar-refractivity contribution in [1.29, 1.82) is 0 Å². The molecule has 1 aliphatic heterocycles. The second kappa shape index (κ2) is 16.3. The predicted molar refractivity (Wildman–Crippen MR) is 209 cm³/mol. The van der Waals surface area contributed by atoms with Crippen LogP contribution in [-0.4, -0.2) is 74.1 Å². The van der Waals surface area contributed by atoms with Gasteiger partial charge in [-0.3, -0.25) is 9.59 Å². The average molecular weight is 693 g/mol. The molecule has 0 spiro atoms. The Morgan fingerprint density at radius 2 is 0.942 bits per heavy atom. The molecule has 1 saturated heterocycles. The molecule has 1 aliphatic rings. The van der Waals surface area contributed by atoms with E-state index in [1.165, 1.54) is 0 Å². The summed E-state index contributed by atoms with van der Waals surface area (Å²) in [4.78, 5) is 39.8. The van der Waals surface area contributed by atoms with Crippen LogP contribution >= 0.6 is 0 Å². The van der Waals surface area contributed by atoms with E-state index < -0.39 is 0 Å².